The zero-order chi connectivity index (χ0) is 13.2. The lowest BCUT2D eigenvalue weighted by Crippen LogP contribution is -2.30. The maximum Gasteiger partial charge on any atom is 0.243 e. The molecule has 100 valence electrons. The van der Waals surface area contributed by atoms with Crippen molar-refractivity contribution >= 4 is 15.7 Å². The summed E-state index contributed by atoms with van der Waals surface area (Å²) in [5.74, 6) is 0. The fraction of sp³-hybridized carbons (Fsp3) is 0.500. The van der Waals surface area contributed by atoms with E-state index in [1.807, 2.05) is 0 Å². The zero-order valence-electron chi connectivity index (χ0n) is 10.6. The van der Waals surface area contributed by atoms with Gasteiger partial charge in [-0.15, -0.1) is 0 Å². The van der Waals surface area contributed by atoms with Crippen LogP contribution in [0, 0.1) is 0 Å². The second kappa shape index (κ2) is 5.26. The summed E-state index contributed by atoms with van der Waals surface area (Å²) in [6.07, 6.45) is 0.765. The highest BCUT2D eigenvalue weighted by Gasteiger charge is 2.32. The number of hydrogen-bond donors (Lipinski definition) is 1. The summed E-state index contributed by atoms with van der Waals surface area (Å²) in [5, 5.41) is 2.96. The van der Waals surface area contributed by atoms with Crippen LogP contribution in [-0.4, -0.2) is 46.1 Å². The van der Waals surface area contributed by atoms with Gasteiger partial charge in [-0.2, -0.15) is 4.31 Å². The van der Waals surface area contributed by atoms with Gasteiger partial charge in [-0.05, 0) is 30.7 Å². The van der Waals surface area contributed by atoms with Crippen LogP contribution in [0.5, 0.6) is 0 Å². The summed E-state index contributed by atoms with van der Waals surface area (Å²) in [4.78, 5) is 0.332. The summed E-state index contributed by atoms with van der Waals surface area (Å²) in [5.41, 5.74) is 0.894. The minimum atomic E-state index is -3.38. The van der Waals surface area contributed by atoms with Crippen molar-refractivity contribution in [1.29, 1.82) is 0 Å². The Labute approximate surface area is 108 Å². The molecule has 1 aromatic rings. The van der Waals surface area contributed by atoms with Gasteiger partial charge < -0.3 is 10.1 Å². The van der Waals surface area contributed by atoms with E-state index in [4.69, 9.17) is 4.74 Å². The molecule has 1 atom stereocenters. The van der Waals surface area contributed by atoms with Gasteiger partial charge in [-0.25, -0.2) is 8.42 Å². The summed E-state index contributed by atoms with van der Waals surface area (Å²) >= 11 is 0. The maximum atomic E-state index is 12.3. The first kappa shape index (κ1) is 13.3. The van der Waals surface area contributed by atoms with Crippen LogP contribution in [0.4, 0.5) is 5.69 Å². The molecule has 0 aromatic heterocycles. The molecule has 0 radical (unpaired) electrons. The fourth-order valence-electron chi connectivity index (χ4n) is 2.05. The Morgan fingerprint density at radius 2 is 2.00 bits per heavy atom. The highest BCUT2D eigenvalue weighted by atomic mass is 32.2. The van der Waals surface area contributed by atoms with E-state index in [9.17, 15) is 8.42 Å². The van der Waals surface area contributed by atoms with E-state index in [0.29, 0.717) is 18.0 Å². The minimum absolute atomic E-state index is 0.0105. The fourth-order valence-corrected chi connectivity index (χ4v) is 3.54. The van der Waals surface area contributed by atoms with E-state index < -0.39 is 10.0 Å². The number of methoxy groups -OCH3 is 1. The van der Waals surface area contributed by atoms with Crippen molar-refractivity contribution in [2.75, 3.05) is 32.6 Å². The number of benzene rings is 1. The molecule has 1 saturated heterocycles. The average molecular weight is 270 g/mol. The molecule has 0 bridgehead atoms. The number of rotatable bonds is 4. The van der Waals surface area contributed by atoms with Crippen LogP contribution < -0.4 is 5.32 Å². The molecule has 6 heteroatoms. The van der Waals surface area contributed by atoms with E-state index in [0.717, 1.165) is 12.1 Å². The van der Waals surface area contributed by atoms with Crippen molar-refractivity contribution in [3.8, 4) is 0 Å². The Hall–Kier alpha value is -1.11. The highest BCUT2D eigenvalue weighted by molar-refractivity contribution is 7.89. The molecule has 0 spiro atoms. The second-order valence-corrected chi connectivity index (χ2v) is 6.22. The van der Waals surface area contributed by atoms with Crippen molar-refractivity contribution in [3.63, 3.8) is 0 Å². The van der Waals surface area contributed by atoms with E-state index in [1.165, 1.54) is 4.31 Å². The number of hydrogen-bond acceptors (Lipinski definition) is 4. The Morgan fingerprint density at radius 1 is 1.33 bits per heavy atom. The van der Waals surface area contributed by atoms with E-state index in [-0.39, 0.29) is 6.10 Å². The quantitative estimate of drug-likeness (QED) is 0.891. The molecular weight excluding hydrogens is 252 g/mol. The van der Waals surface area contributed by atoms with E-state index in [2.05, 4.69) is 5.32 Å². The average Bonchev–Trinajstić information content (AvgIpc) is 2.88. The SMILES string of the molecule is CNc1ccc(S(=O)(=O)N2CCC(OC)C2)cc1. The third-order valence-corrected chi connectivity index (χ3v) is 5.10. The first-order valence-corrected chi connectivity index (χ1v) is 7.32. The number of anilines is 1. The summed E-state index contributed by atoms with van der Waals surface area (Å²) in [6.45, 7) is 0.960. The van der Waals surface area contributed by atoms with Crippen LogP contribution in [0.25, 0.3) is 0 Å². The number of sulfonamides is 1. The maximum absolute atomic E-state index is 12.3. The first-order chi connectivity index (χ1) is 8.57. The van der Waals surface area contributed by atoms with Gasteiger partial charge in [0.25, 0.3) is 0 Å². The zero-order valence-corrected chi connectivity index (χ0v) is 11.4. The molecule has 18 heavy (non-hydrogen) atoms. The van der Waals surface area contributed by atoms with Gasteiger partial charge in [0.15, 0.2) is 0 Å². The largest absolute Gasteiger partial charge is 0.388 e. The third-order valence-electron chi connectivity index (χ3n) is 3.22. The molecule has 5 nitrogen and oxygen atoms in total. The highest BCUT2D eigenvalue weighted by Crippen LogP contribution is 2.23. The normalized spacial score (nSPS) is 21.1. The van der Waals surface area contributed by atoms with E-state index in [1.54, 1.807) is 38.4 Å². The number of nitrogens with zero attached hydrogens (tertiary/aromatic N) is 1. The van der Waals surface area contributed by atoms with Crippen molar-refractivity contribution in [2.45, 2.75) is 17.4 Å². The Bertz CT molecular complexity index is 499. The monoisotopic (exact) mass is 270 g/mol. The molecule has 1 unspecified atom stereocenters. The molecule has 1 aliphatic rings. The molecule has 0 aliphatic carbocycles. The summed E-state index contributed by atoms with van der Waals surface area (Å²) < 4.78 is 31.4. The topological polar surface area (TPSA) is 58.6 Å². The molecule has 1 heterocycles. The Morgan fingerprint density at radius 3 is 2.50 bits per heavy atom. The molecular formula is C12H18N2O3S. The first-order valence-electron chi connectivity index (χ1n) is 5.88. The number of nitrogens with one attached hydrogen (secondary N) is 1. The van der Waals surface area contributed by atoms with Gasteiger partial charge >= 0.3 is 0 Å². The molecule has 0 amide bonds. The lowest BCUT2D eigenvalue weighted by atomic mass is 10.3. The molecule has 1 aliphatic heterocycles. The molecule has 0 saturated carbocycles. The van der Waals surface area contributed by atoms with E-state index >= 15 is 0 Å². The van der Waals surface area contributed by atoms with Gasteiger partial charge in [0.2, 0.25) is 10.0 Å². The van der Waals surface area contributed by atoms with Crippen LogP contribution in [0.1, 0.15) is 6.42 Å². The van der Waals surface area contributed by atoms with Gasteiger partial charge in [0.05, 0.1) is 11.0 Å². The van der Waals surface area contributed by atoms with Crippen LogP contribution in [0.3, 0.4) is 0 Å². The van der Waals surface area contributed by atoms with Gasteiger partial charge in [0.1, 0.15) is 0 Å². The van der Waals surface area contributed by atoms with Crippen LogP contribution >= 0.6 is 0 Å². The minimum Gasteiger partial charge on any atom is -0.388 e. The van der Waals surface area contributed by atoms with Gasteiger partial charge in [-0.1, -0.05) is 0 Å². The third kappa shape index (κ3) is 2.50. The lowest BCUT2D eigenvalue weighted by Gasteiger charge is -2.16. The lowest BCUT2D eigenvalue weighted by molar-refractivity contribution is 0.115. The predicted octanol–water partition coefficient (Wildman–Crippen LogP) is 1.14. The van der Waals surface area contributed by atoms with Crippen LogP contribution in [0.15, 0.2) is 29.2 Å². The van der Waals surface area contributed by atoms with Crippen LogP contribution in [-0.2, 0) is 14.8 Å². The van der Waals surface area contributed by atoms with Crippen LogP contribution in [0.2, 0.25) is 0 Å². The Balaban J connectivity index is 2.20. The number of ether oxygens (including phenoxy) is 1. The summed E-state index contributed by atoms with van der Waals surface area (Å²) in [6, 6.07) is 6.77. The van der Waals surface area contributed by atoms with Crippen molar-refractivity contribution in [1.82, 2.24) is 4.31 Å². The second-order valence-electron chi connectivity index (χ2n) is 4.28. The summed E-state index contributed by atoms with van der Waals surface area (Å²) in [7, 11) is 0.0312. The molecule has 1 aromatic carbocycles. The molecule has 1 N–H and O–H groups in total. The Kier molecular flexibility index (Phi) is 3.89. The molecule has 1 fully saturated rings. The van der Waals surface area contributed by atoms with Crippen molar-refractivity contribution in [2.24, 2.45) is 0 Å². The smallest absolute Gasteiger partial charge is 0.243 e. The van der Waals surface area contributed by atoms with Gasteiger partial charge in [0, 0.05) is 32.9 Å². The van der Waals surface area contributed by atoms with Crippen molar-refractivity contribution < 1.29 is 13.2 Å². The van der Waals surface area contributed by atoms with Gasteiger partial charge in [-0.3, -0.25) is 0 Å². The molecule has 2 rings (SSSR count). The van der Waals surface area contributed by atoms with Crippen molar-refractivity contribution in [3.05, 3.63) is 24.3 Å². The predicted molar refractivity (Wildman–Crippen MR) is 70.2 cm³/mol. The standard InChI is InChI=1S/C12H18N2O3S/c1-13-10-3-5-12(6-4-10)18(15,16)14-8-7-11(9-14)17-2/h3-6,11,13H,7-9H2,1-2H3.